The van der Waals surface area contributed by atoms with Crippen molar-refractivity contribution < 1.29 is 0 Å². The van der Waals surface area contributed by atoms with Crippen LogP contribution in [-0.2, 0) is 6.42 Å². The third-order valence-corrected chi connectivity index (χ3v) is 4.86. The predicted molar refractivity (Wildman–Crippen MR) is 99.6 cm³/mol. The van der Waals surface area contributed by atoms with Crippen molar-refractivity contribution in [1.82, 2.24) is 4.57 Å². The molecule has 0 aliphatic rings. The van der Waals surface area contributed by atoms with Gasteiger partial charge in [0.1, 0.15) is 0 Å². The van der Waals surface area contributed by atoms with Gasteiger partial charge in [-0.05, 0) is 55.2 Å². The lowest BCUT2D eigenvalue weighted by atomic mass is 10.0. The van der Waals surface area contributed by atoms with Gasteiger partial charge in [0.05, 0.1) is 11.0 Å². The van der Waals surface area contributed by atoms with Gasteiger partial charge in [-0.25, -0.2) is 0 Å². The summed E-state index contributed by atoms with van der Waals surface area (Å²) in [5.41, 5.74) is 7.99. The number of aryl methyl sites for hydroxylation is 3. The maximum atomic E-state index is 2.41. The van der Waals surface area contributed by atoms with Crippen molar-refractivity contribution in [1.29, 1.82) is 0 Å². The molecule has 0 radical (unpaired) electrons. The lowest BCUT2D eigenvalue weighted by Crippen LogP contribution is -2.00. The summed E-state index contributed by atoms with van der Waals surface area (Å²) in [5.74, 6) is 0. The van der Waals surface area contributed by atoms with E-state index in [4.69, 9.17) is 0 Å². The molecule has 0 amide bonds. The zero-order chi connectivity index (χ0) is 16.0. The summed E-state index contributed by atoms with van der Waals surface area (Å²) in [5, 5.41) is 2.64. The third-order valence-electron chi connectivity index (χ3n) is 4.86. The topological polar surface area (TPSA) is 4.93 Å². The van der Waals surface area contributed by atoms with E-state index < -0.39 is 0 Å². The molecule has 0 bridgehead atoms. The van der Waals surface area contributed by atoms with Gasteiger partial charge in [-0.3, -0.25) is 0 Å². The summed E-state index contributed by atoms with van der Waals surface area (Å²) in [4.78, 5) is 0. The SMILES string of the molecule is CCc1cc(C)c(-n2c3ccccc3c3ccccc32)cc1C. The molecular formula is C22H21N. The summed E-state index contributed by atoms with van der Waals surface area (Å²) < 4.78 is 2.41. The first-order valence-corrected chi connectivity index (χ1v) is 8.29. The van der Waals surface area contributed by atoms with Crippen LogP contribution in [0.2, 0.25) is 0 Å². The lowest BCUT2D eigenvalue weighted by Gasteiger charge is -2.14. The van der Waals surface area contributed by atoms with Gasteiger partial charge in [-0.15, -0.1) is 0 Å². The van der Waals surface area contributed by atoms with Crippen molar-refractivity contribution in [2.24, 2.45) is 0 Å². The van der Waals surface area contributed by atoms with Crippen LogP contribution in [0.15, 0.2) is 60.7 Å². The van der Waals surface area contributed by atoms with Gasteiger partial charge >= 0.3 is 0 Å². The second kappa shape index (κ2) is 5.27. The smallest absolute Gasteiger partial charge is 0.0541 e. The lowest BCUT2D eigenvalue weighted by molar-refractivity contribution is 1.07. The quantitative estimate of drug-likeness (QED) is 0.430. The summed E-state index contributed by atoms with van der Waals surface area (Å²) in [6.07, 6.45) is 1.08. The Bertz CT molecular complexity index is 968. The summed E-state index contributed by atoms with van der Waals surface area (Å²) in [7, 11) is 0. The Hall–Kier alpha value is -2.54. The number of hydrogen-bond donors (Lipinski definition) is 0. The molecule has 1 heteroatoms. The van der Waals surface area contributed by atoms with E-state index >= 15 is 0 Å². The Labute approximate surface area is 137 Å². The highest BCUT2D eigenvalue weighted by atomic mass is 15.0. The molecule has 0 N–H and O–H groups in total. The first-order valence-electron chi connectivity index (χ1n) is 8.29. The fraction of sp³-hybridized carbons (Fsp3) is 0.182. The largest absolute Gasteiger partial charge is 0.309 e. The van der Waals surface area contributed by atoms with Crippen molar-refractivity contribution in [2.45, 2.75) is 27.2 Å². The average Bonchev–Trinajstić information content (AvgIpc) is 2.91. The minimum atomic E-state index is 1.08. The Kier molecular flexibility index (Phi) is 3.23. The van der Waals surface area contributed by atoms with Gasteiger partial charge in [0.25, 0.3) is 0 Å². The zero-order valence-corrected chi connectivity index (χ0v) is 13.9. The maximum Gasteiger partial charge on any atom is 0.0541 e. The third kappa shape index (κ3) is 2.08. The monoisotopic (exact) mass is 299 g/mol. The van der Waals surface area contributed by atoms with E-state index in [1.165, 1.54) is 44.2 Å². The first-order chi connectivity index (χ1) is 11.2. The maximum absolute atomic E-state index is 2.41. The van der Waals surface area contributed by atoms with Gasteiger partial charge in [0, 0.05) is 16.5 Å². The number of para-hydroxylation sites is 2. The van der Waals surface area contributed by atoms with Crippen molar-refractivity contribution in [2.75, 3.05) is 0 Å². The molecule has 3 aromatic carbocycles. The van der Waals surface area contributed by atoms with E-state index in [0.717, 1.165) is 6.42 Å². The molecule has 1 heterocycles. The van der Waals surface area contributed by atoms with Crippen LogP contribution in [0.1, 0.15) is 23.6 Å². The second-order valence-electron chi connectivity index (χ2n) is 6.29. The second-order valence-corrected chi connectivity index (χ2v) is 6.29. The van der Waals surface area contributed by atoms with Crippen LogP contribution >= 0.6 is 0 Å². The van der Waals surface area contributed by atoms with Gasteiger partial charge in [-0.2, -0.15) is 0 Å². The van der Waals surface area contributed by atoms with Crippen LogP contribution in [0.4, 0.5) is 0 Å². The number of aromatic nitrogens is 1. The van der Waals surface area contributed by atoms with Crippen molar-refractivity contribution >= 4 is 21.8 Å². The standard InChI is InChI=1S/C22H21N/c1-4-17-13-16(3)22(14-15(17)2)23-20-11-7-5-9-18(20)19-10-6-8-12-21(19)23/h5-14H,4H2,1-3H3. The first kappa shape index (κ1) is 14.1. The van der Waals surface area contributed by atoms with Crippen molar-refractivity contribution in [3.8, 4) is 5.69 Å². The van der Waals surface area contributed by atoms with Crippen LogP contribution in [-0.4, -0.2) is 4.57 Å². The van der Waals surface area contributed by atoms with Crippen LogP contribution in [0, 0.1) is 13.8 Å². The number of nitrogens with zero attached hydrogens (tertiary/aromatic N) is 1. The minimum absolute atomic E-state index is 1.08. The average molecular weight is 299 g/mol. The predicted octanol–water partition coefficient (Wildman–Crippen LogP) is 5.96. The molecule has 0 saturated heterocycles. The summed E-state index contributed by atoms with van der Waals surface area (Å²) in [6, 6.07) is 22.1. The Balaban J connectivity index is 2.15. The molecular weight excluding hydrogens is 278 g/mol. The molecule has 0 fully saturated rings. The summed E-state index contributed by atoms with van der Waals surface area (Å²) >= 11 is 0. The van der Waals surface area contributed by atoms with E-state index in [1.807, 2.05) is 0 Å². The summed E-state index contributed by atoms with van der Waals surface area (Å²) in [6.45, 7) is 6.66. The molecule has 0 aliphatic heterocycles. The van der Waals surface area contributed by atoms with Gasteiger partial charge in [0.15, 0.2) is 0 Å². The highest BCUT2D eigenvalue weighted by molar-refractivity contribution is 6.09. The number of benzene rings is 3. The van der Waals surface area contributed by atoms with Crippen LogP contribution < -0.4 is 0 Å². The molecule has 4 aromatic rings. The van der Waals surface area contributed by atoms with Gasteiger partial charge in [0.2, 0.25) is 0 Å². The normalized spacial score (nSPS) is 11.4. The molecule has 4 rings (SSSR count). The number of fused-ring (bicyclic) bond motifs is 3. The highest BCUT2D eigenvalue weighted by Gasteiger charge is 2.13. The highest BCUT2D eigenvalue weighted by Crippen LogP contribution is 2.33. The van der Waals surface area contributed by atoms with Crippen molar-refractivity contribution in [3.63, 3.8) is 0 Å². The molecule has 114 valence electrons. The fourth-order valence-corrected chi connectivity index (χ4v) is 3.66. The molecule has 0 unspecified atom stereocenters. The Morgan fingerprint density at radius 2 is 1.30 bits per heavy atom. The van der Waals surface area contributed by atoms with Crippen LogP contribution in [0.3, 0.4) is 0 Å². The van der Waals surface area contributed by atoms with E-state index in [9.17, 15) is 0 Å². The van der Waals surface area contributed by atoms with Gasteiger partial charge < -0.3 is 4.57 Å². The Morgan fingerprint density at radius 3 is 1.87 bits per heavy atom. The molecule has 0 spiro atoms. The fourth-order valence-electron chi connectivity index (χ4n) is 3.66. The van der Waals surface area contributed by atoms with E-state index in [0.29, 0.717) is 0 Å². The van der Waals surface area contributed by atoms with E-state index in [-0.39, 0.29) is 0 Å². The zero-order valence-electron chi connectivity index (χ0n) is 13.9. The molecule has 23 heavy (non-hydrogen) atoms. The van der Waals surface area contributed by atoms with Crippen molar-refractivity contribution in [3.05, 3.63) is 77.4 Å². The van der Waals surface area contributed by atoms with Crippen LogP contribution in [0.25, 0.3) is 27.5 Å². The number of rotatable bonds is 2. The molecule has 0 atom stereocenters. The van der Waals surface area contributed by atoms with E-state index in [1.54, 1.807) is 0 Å². The molecule has 0 aliphatic carbocycles. The van der Waals surface area contributed by atoms with Gasteiger partial charge in [-0.1, -0.05) is 49.4 Å². The van der Waals surface area contributed by atoms with Crippen LogP contribution in [0.5, 0.6) is 0 Å². The van der Waals surface area contributed by atoms with E-state index in [2.05, 4.69) is 86.0 Å². The molecule has 0 saturated carbocycles. The Morgan fingerprint density at radius 1 is 0.739 bits per heavy atom. The molecule has 1 aromatic heterocycles. The minimum Gasteiger partial charge on any atom is -0.309 e. The molecule has 1 nitrogen and oxygen atoms in total. The number of hydrogen-bond acceptors (Lipinski definition) is 0.